The van der Waals surface area contributed by atoms with Crippen LogP contribution in [-0.4, -0.2) is 9.38 Å². The van der Waals surface area contributed by atoms with Crippen LogP contribution in [0.25, 0.3) is 49.1 Å². The fourth-order valence-electron chi connectivity index (χ4n) is 6.24. The molecule has 3 nitrogen and oxygen atoms in total. The van der Waals surface area contributed by atoms with Gasteiger partial charge in [0.15, 0.2) is 6.20 Å². The van der Waals surface area contributed by atoms with Gasteiger partial charge in [-0.1, -0.05) is 18.9 Å². The number of hydrogen-bond acceptors (Lipinski definition) is 1. The van der Waals surface area contributed by atoms with E-state index in [1.54, 1.807) is 0 Å². The van der Waals surface area contributed by atoms with Crippen LogP contribution in [0.2, 0.25) is 0 Å². The quantitative estimate of drug-likeness (QED) is 0.174. The van der Waals surface area contributed by atoms with Crippen molar-refractivity contribution in [2.45, 2.75) is 45.4 Å². The van der Waals surface area contributed by atoms with Crippen LogP contribution in [0.1, 0.15) is 48.3 Å². The second-order valence-electron chi connectivity index (χ2n) is 9.56. The summed E-state index contributed by atoms with van der Waals surface area (Å²) in [7, 11) is 2.19. The molecule has 2 aromatic carbocycles. The van der Waals surface area contributed by atoms with Gasteiger partial charge in [0, 0.05) is 17.6 Å². The van der Waals surface area contributed by atoms with E-state index < -0.39 is 0 Å². The summed E-state index contributed by atoms with van der Waals surface area (Å²) >= 11 is 0. The molecule has 0 N–H and O–H groups in total. The minimum atomic E-state index is 0.689. The van der Waals surface area contributed by atoms with E-state index in [0.717, 1.165) is 5.52 Å². The van der Waals surface area contributed by atoms with Crippen molar-refractivity contribution in [3.63, 3.8) is 0 Å². The molecule has 1 fully saturated rings. The lowest BCUT2D eigenvalue weighted by Gasteiger charge is -2.17. The highest BCUT2D eigenvalue weighted by atomic mass is 15.0. The van der Waals surface area contributed by atoms with Gasteiger partial charge >= 0.3 is 0 Å². The van der Waals surface area contributed by atoms with E-state index in [4.69, 9.17) is 4.98 Å². The molecule has 0 spiro atoms. The Morgan fingerprint density at radius 1 is 1.00 bits per heavy atom. The molecule has 0 atom stereocenters. The fourth-order valence-corrected chi connectivity index (χ4v) is 6.24. The van der Waals surface area contributed by atoms with Gasteiger partial charge in [0.2, 0.25) is 5.52 Å². The topological polar surface area (TPSA) is 21.2 Å². The molecular weight excluding hydrogens is 378 g/mol. The molecule has 0 amide bonds. The van der Waals surface area contributed by atoms with Crippen molar-refractivity contribution in [3.05, 3.63) is 65.5 Å². The van der Waals surface area contributed by atoms with Crippen molar-refractivity contribution in [3.8, 4) is 0 Å². The minimum absolute atomic E-state index is 0.689. The Labute approximate surface area is 181 Å². The van der Waals surface area contributed by atoms with Crippen molar-refractivity contribution in [1.82, 2.24) is 9.38 Å². The third kappa shape index (κ3) is 2.14. The summed E-state index contributed by atoms with van der Waals surface area (Å²) in [5, 5.41) is 5.36. The Hall–Kier alpha value is -3.20. The minimum Gasteiger partial charge on any atom is -0.306 e. The zero-order valence-electron chi connectivity index (χ0n) is 18.4. The van der Waals surface area contributed by atoms with Gasteiger partial charge in [0.25, 0.3) is 0 Å². The molecule has 6 aromatic rings. The van der Waals surface area contributed by atoms with Crippen LogP contribution in [0.4, 0.5) is 0 Å². The number of benzene rings is 2. The van der Waals surface area contributed by atoms with Crippen LogP contribution >= 0.6 is 0 Å². The molecule has 31 heavy (non-hydrogen) atoms. The highest BCUT2D eigenvalue weighted by Gasteiger charge is 2.26. The maximum Gasteiger partial charge on any atom is 0.224 e. The average Bonchev–Trinajstić information content (AvgIpc) is 3.42. The van der Waals surface area contributed by atoms with Crippen molar-refractivity contribution in [1.29, 1.82) is 0 Å². The zero-order chi connectivity index (χ0) is 20.9. The van der Waals surface area contributed by atoms with Crippen LogP contribution in [-0.2, 0) is 7.05 Å². The zero-order valence-corrected chi connectivity index (χ0v) is 18.4. The summed E-state index contributed by atoms with van der Waals surface area (Å²) in [6.45, 7) is 4.51. The Morgan fingerprint density at radius 3 is 2.68 bits per heavy atom. The Bertz CT molecular complexity index is 1670. The van der Waals surface area contributed by atoms with Crippen molar-refractivity contribution >= 4 is 49.1 Å². The molecule has 4 aromatic heterocycles. The van der Waals surface area contributed by atoms with Crippen LogP contribution in [0.5, 0.6) is 0 Å². The summed E-state index contributed by atoms with van der Waals surface area (Å²) in [5.74, 6) is 0.689. The van der Waals surface area contributed by atoms with Crippen molar-refractivity contribution in [2.24, 2.45) is 7.05 Å². The first-order valence-electron chi connectivity index (χ1n) is 11.5. The smallest absolute Gasteiger partial charge is 0.224 e. The largest absolute Gasteiger partial charge is 0.306 e. The van der Waals surface area contributed by atoms with Gasteiger partial charge in [0.1, 0.15) is 7.05 Å². The molecule has 1 saturated carbocycles. The first-order valence-corrected chi connectivity index (χ1v) is 11.5. The SMILES string of the molecule is Cc1cc2c3ncccc3n3c4cc(C5CCCC5)cc5cc[n+](C)c(c(c1C)c23)c54. The molecule has 1 aliphatic carbocycles. The molecule has 0 bridgehead atoms. The predicted octanol–water partition coefficient (Wildman–Crippen LogP) is 6.48. The van der Waals surface area contributed by atoms with Gasteiger partial charge in [0.05, 0.1) is 32.8 Å². The van der Waals surface area contributed by atoms with E-state index in [9.17, 15) is 0 Å². The normalized spacial score (nSPS) is 15.6. The third-order valence-corrected chi connectivity index (χ3v) is 7.87. The summed E-state index contributed by atoms with van der Waals surface area (Å²) < 4.78 is 4.82. The second kappa shape index (κ2) is 5.94. The predicted molar refractivity (Wildman–Crippen MR) is 128 cm³/mol. The monoisotopic (exact) mass is 404 g/mol. The molecular formula is C28H26N3+. The van der Waals surface area contributed by atoms with Gasteiger partial charge in [-0.25, -0.2) is 4.57 Å². The lowest BCUT2D eigenvalue weighted by Crippen LogP contribution is -2.29. The summed E-state index contributed by atoms with van der Waals surface area (Å²) in [4.78, 5) is 4.84. The standard InChI is InChI=1S/C28H26N3/c1-16-13-21-26-22(9-6-11-29-26)31-23-15-20(18-7-4-5-8-18)14-19-10-12-30(3)28(25(19)23)24(17(16)2)27(21)31/h6,9-15,18H,4-5,7-8H2,1-3H3/q+1. The molecule has 0 aliphatic heterocycles. The fraction of sp³-hybridized carbons (Fsp3) is 0.286. The average molecular weight is 405 g/mol. The Balaban J connectivity index is 1.84. The number of nitrogens with zero attached hydrogens (tertiary/aromatic N) is 3. The first-order chi connectivity index (χ1) is 15.1. The molecule has 152 valence electrons. The second-order valence-corrected chi connectivity index (χ2v) is 9.56. The Morgan fingerprint density at radius 2 is 1.84 bits per heavy atom. The number of aryl methyl sites for hydroxylation is 3. The maximum atomic E-state index is 4.84. The molecule has 1 aliphatic rings. The molecule has 0 radical (unpaired) electrons. The van der Waals surface area contributed by atoms with E-state index in [2.05, 4.69) is 72.5 Å². The molecule has 4 heterocycles. The molecule has 3 heteroatoms. The Kier molecular flexibility index (Phi) is 3.35. The van der Waals surface area contributed by atoms with E-state index >= 15 is 0 Å². The van der Waals surface area contributed by atoms with Crippen molar-refractivity contribution in [2.75, 3.05) is 0 Å². The maximum absolute atomic E-state index is 4.84. The number of rotatable bonds is 1. The summed E-state index contributed by atoms with van der Waals surface area (Å²) in [5.41, 5.74) is 10.5. The first kappa shape index (κ1) is 17.5. The van der Waals surface area contributed by atoms with Crippen LogP contribution < -0.4 is 4.57 Å². The molecule has 0 saturated heterocycles. The highest BCUT2D eigenvalue weighted by molar-refractivity contribution is 6.25. The molecule has 7 rings (SSSR count). The van der Waals surface area contributed by atoms with E-state index in [1.807, 2.05) is 6.20 Å². The van der Waals surface area contributed by atoms with Gasteiger partial charge in [-0.2, -0.15) is 0 Å². The summed E-state index contributed by atoms with van der Waals surface area (Å²) in [6, 6.07) is 13.9. The van der Waals surface area contributed by atoms with Gasteiger partial charge in [-0.3, -0.25) is 4.98 Å². The van der Waals surface area contributed by atoms with E-state index in [-0.39, 0.29) is 0 Å². The highest BCUT2D eigenvalue weighted by Crippen LogP contribution is 2.43. The number of aromatic nitrogens is 3. The van der Waals surface area contributed by atoms with Crippen LogP contribution in [0.3, 0.4) is 0 Å². The number of fused-ring (bicyclic) bond motifs is 5. The third-order valence-electron chi connectivity index (χ3n) is 7.87. The molecule has 0 unspecified atom stereocenters. The van der Waals surface area contributed by atoms with Gasteiger partial charge < -0.3 is 4.40 Å². The van der Waals surface area contributed by atoms with Crippen LogP contribution in [0.15, 0.2) is 48.8 Å². The van der Waals surface area contributed by atoms with Crippen molar-refractivity contribution < 1.29 is 4.57 Å². The lowest BCUT2D eigenvalue weighted by atomic mass is 9.92. The van der Waals surface area contributed by atoms with E-state index in [0.29, 0.717) is 5.92 Å². The number of pyridine rings is 3. The van der Waals surface area contributed by atoms with Gasteiger partial charge in [-0.05, 0) is 78.9 Å². The lowest BCUT2D eigenvalue weighted by molar-refractivity contribution is -0.643. The van der Waals surface area contributed by atoms with Gasteiger partial charge in [-0.15, -0.1) is 0 Å². The van der Waals surface area contributed by atoms with Crippen LogP contribution in [0, 0.1) is 13.8 Å². The van der Waals surface area contributed by atoms with E-state index in [1.165, 1.54) is 86.0 Å². The number of hydrogen-bond donors (Lipinski definition) is 0. The summed E-state index contributed by atoms with van der Waals surface area (Å²) in [6.07, 6.45) is 9.51.